The molecule has 0 rings (SSSR count). The summed E-state index contributed by atoms with van der Waals surface area (Å²) in [5.74, 6) is 2.49. The summed E-state index contributed by atoms with van der Waals surface area (Å²) < 4.78 is 0. The Morgan fingerprint density at radius 1 is 1.75 bits per heavy atom. The maximum atomic E-state index is 10.1. The summed E-state index contributed by atoms with van der Waals surface area (Å²) in [4.78, 5) is 10.1. The van der Waals surface area contributed by atoms with Crippen LogP contribution in [0, 0.1) is 12.3 Å². The molecular formula is C10H14O2. The summed E-state index contributed by atoms with van der Waals surface area (Å²) >= 11 is 0. The van der Waals surface area contributed by atoms with Gasteiger partial charge in [0, 0.05) is 12.8 Å². The van der Waals surface area contributed by atoms with Crippen LogP contribution in [0.3, 0.4) is 0 Å². The number of aliphatic hydroxyl groups is 1. The van der Waals surface area contributed by atoms with Crippen molar-refractivity contribution in [3.63, 3.8) is 0 Å². The predicted molar refractivity (Wildman–Crippen MR) is 48.5 cm³/mol. The molecule has 0 bridgehead atoms. The van der Waals surface area contributed by atoms with Gasteiger partial charge in [0.05, 0.1) is 6.10 Å². The van der Waals surface area contributed by atoms with E-state index >= 15 is 0 Å². The van der Waals surface area contributed by atoms with Gasteiger partial charge in [-0.15, -0.1) is 12.3 Å². The Bertz CT molecular complexity index is 189. The van der Waals surface area contributed by atoms with E-state index in [0.29, 0.717) is 31.1 Å². The van der Waals surface area contributed by atoms with Crippen molar-refractivity contribution in [2.24, 2.45) is 0 Å². The van der Waals surface area contributed by atoms with Gasteiger partial charge < -0.3 is 5.11 Å². The van der Waals surface area contributed by atoms with E-state index in [4.69, 9.17) is 6.42 Å². The molecule has 0 amide bonds. The van der Waals surface area contributed by atoms with Crippen LogP contribution in [0.4, 0.5) is 0 Å². The SMILES string of the molecule is C#CCCCC(O)CC(=C)C=O. The molecule has 0 spiro atoms. The number of rotatable bonds is 6. The molecule has 0 aliphatic carbocycles. The molecule has 0 aromatic rings. The van der Waals surface area contributed by atoms with Gasteiger partial charge in [-0.05, 0) is 18.4 Å². The van der Waals surface area contributed by atoms with E-state index in [1.54, 1.807) is 0 Å². The molecule has 0 radical (unpaired) electrons. The summed E-state index contributed by atoms with van der Waals surface area (Å²) in [6.07, 6.45) is 7.69. The molecule has 2 heteroatoms. The Morgan fingerprint density at radius 3 is 2.92 bits per heavy atom. The third-order valence-corrected chi connectivity index (χ3v) is 1.52. The summed E-state index contributed by atoms with van der Waals surface area (Å²) in [5.41, 5.74) is 0.434. The number of aldehydes is 1. The lowest BCUT2D eigenvalue weighted by atomic mass is 10.1. The zero-order valence-corrected chi connectivity index (χ0v) is 7.12. The van der Waals surface area contributed by atoms with Crippen molar-refractivity contribution < 1.29 is 9.90 Å². The molecule has 0 heterocycles. The average Bonchev–Trinajstić information content (AvgIpc) is 2.05. The van der Waals surface area contributed by atoms with Crippen LogP contribution in [-0.4, -0.2) is 17.5 Å². The molecule has 0 saturated carbocycles. The van der Waals surface area contributed by atoms with Crippen molar-refractivity contribution in [1.29, 1.82) is 0 Å². The molecule has 66 valence electrons. The summed E-state index contributed by atoms with van der Waals surface area (Å²) in [6, 6.07) is 0. The zero-order chi connectivity index (χ0) is 9.40. The fourth-order valence-corrected chi connectivity index (χ4v) is 0.893. The lowest BCUT2D eigenvalue weighted by Crippen LogP contribution is -2.07. The maximum Gasteiger partial charge on any atom is 0.145 e. The second-order valence-electron chi connectivity index (χ2n) is 2.73. The van der Waals surface area contributed by atoms with E-state index in [-0.39, 0.29) is 0 Å². The molecule has 0 aromatic heterocycles. The van der Waals surface area contributed by atoms with Gasteiger partial charge in [0.2, 0.25) is 0 Å². The molecule has 0 aromatic carbocycles. The van der Waals surface area contributed by atoms with E-state index < -0.39 is 6.10 Å². The number of hydrogen-bond acceptors (Lipinski definition) is 2. The molecule has 2 nitrogen and oxygen atoms in total. The zero-order valence-electron chi connectivity index (χ0n) is 7.12. The molecule has 0 fully saturated rings. The van der Waals surface area contributed by atoms with Gasteiger partial charge in [-0.25, -0.2) is 0 Å². The smallest absolute Gasteiger partial charge is 0.145 e. The first-order valence-electron chi connectivity index (χ1n) is 3.95. The minimum atomic E-state index is -0.476. The molecule has 1 unspecified atom stereocenters. The van der Waals surface area contributed by atoms with Crippen LogP contribution in [0.1, 0.15) is 25.7 Å². The number of terminal acetylenes is 1. The van der Waals surface area contributed by atoms with Gasteiger partial charge in [-0.3, -0.25) is 4.79 Å². The normalized spacial score (nSPS) is 11.7. The van der Waals surface area contributed by atoms with Crippen LogP contribution >= 0.6 is 0 Å². The first-order valence-corrected chi connectivity index (χ1v) is 3.95. The van der Waals surface area contributed by atoms with E-state index in [2.05, 4.69) is 12.5 Å². The van der Waals surface area contributed by atoms with Gasteiger partial charge in [0.25, 0.3) is 0 Å². The van der Waals surface area contributed by atoms with Gasteiger partial charge >= 0.3 is 0 Å². The van der Waals surface area contributed by atoms with Crippen molar-refractivity contribution in [3.8, 4) is 12.3 Å². The highest BCUT2D eigenvalue weighted by molar-refractivity contribution is 5.71. The van der Waals surface area contributed by atoms with Crippen LogP contribution in [0.2, 0.25) is 0 Å². The highest BCUT2D eigenvalue weighted by Crippen LogP contribution is 2.07. The lowest BCUT2D eigenvalue weighted by molar-refractivity contribution is -0.105. The van der Waals surface area contributed by atoms with Crippen molar-refractivity contribution in [2.45, 2.75) is 31.8 Å². The van der Waals surface area contributed by atoms with Gasteiger partial charge in [-0.2, -0.15) is 0 Å². The van der Waals surface area contributed by atoms with Gasteiger partial charge in [0.1, 0.15) is 6.29 Å². The average molecular weight is 166 g/mol. The second-order valence-corrected chi connectivity index (χ2v) is 2.73. The molecule has 12 heavy (non-hydrogen) atoms. The minimum absolute atomic E-state index is 0.355. The first kappa shape index (κ1) is 10.9. The largest absolute Gasteiger partial charge is 0.393 e. The van der Waals surface area contributed by atoms with Crippen molar-refractivity contribution in [2.75, 3.05) is 0 Å². The highest BCUT2D eigenvalue weighted by Gasteiger charge is 2.04. The number of unbranched alkanes of at least 4 members (excludes halogenated alkanes) is 1. The second kappa shape index (κ2) is 6.63. The molecule has 1 N–H and O–H groups in total. The predicted octanol–water partition coefficient (Wildman–Crippen LogP) is 1.30. The monoisotopic (exact) mass is 166 g/mol. The fourth-order valence-electron chi connectivity index (χ4n) is 0.893. The Labute approximate surface area is 73.3 Å². The molecule has 1 atom stereocenters. The fraction of sp³-hybridized carbons (Fsp3) is 0.500. The van der Waals surface area contributed by atoms with Crippen molar-refractivity contribution >= 4 is 6.29 Å². The van der Waals surface area contributed by atoms with Crippen molar-refractivity contribution in [3.05, 3.63) is 12.2 Å². The Kier molecular flexibility index (Phi) is 6.04. The summed E-state index contributed by atoms with van der Waals surface area (Å²) in [7, 11) is 0. The molecule has 0 aliphatic heterocycles. The number of hydrogen-bond donors (Lipinski definition) is 1. The van der Waals surface area contributed by atoms with E-state index in [0.717, 1.165) is 6.42 Å². The Morgan fingerprint density at radius 2 is 2.42 bits per heavy atom. The Hall–Kier alpha value is -1.07. The maximum absolute atomic E-state index is 10.1. The minimum Gasteiger partial charge on any atom is -0.393 e. The standard InChI is InChI=1S/C10H14O2/c1-3-4-5-6-10(12)7-9(2)8-11/h1,8,10,12H,2,4-7H2. The van der Waals surface area contributed by atoms with Crippen LogP contribution < -0.4 is 0 Å². The van der Waals surface area contributed by atoms with Crippen LogP contribution in [0.25, 0.3) is 0 Å². The number of carbonyl (C=O) groups excluding carboxylic acids is 1. The number of carbonyl (C=O) groups is 1. The van der Waals surface area contributed by atoms with Gasteiger partial charge in [0.15, 0.2) is 0 Å². The molecular weight excluding hydrogens is 152 g/mol. The molecule has 0 aliphatic rings. The van der Waals surface area contributed by atoms with Gasteiger partial charge in [-0.1, -0.05) is 6.58 Å². The quantitative estimate of drug-likeness (QED) is 0.279. The third-order valence-electron chi connectivity index (χ3n) is 1.52. The lowest BCUT2D eigenvalue weighted by Gasteiger charge is -2.07. The van der Waals surface area contributed by atoms with Crippen LogP contribution in [-0.2, 0) is 4.79 Å². The topological polar surface area (TPSA) is 37.3 Å². The van der Waals surface area contributed by atoms with Crippen LogP contribution in [0.15, 0.2) is 12.2 Å². The summed E-state index contributed by atoms with van der Waals surface area (Å²) in [5, 5.41) is 9.29. The molecule has 0 saturated heterocycles. The van der Waals surface area contributed by atoms with E-state index in [1.807, 2.05) is 0 Å². The Balaban J connectivity index is 3.46. The summed E-state index contributed by atoms with van der Waals surface area (Å²) in [6.45, 7) is 3.47. The van der Waals surface area contributed by atoms with Crippen molar-refractivity contribution in [1.82, 2.24) is 0 Å². The number of aliphatic hydroxyl groups excluding tert-OH is 1. The van der Waals surface area contributed by atoms with E-state index in [1.165, 1.54) is 0 Å². The van der Waals surface area contributed by atoms with Crippen LogP contribution in [0.5, 0.6) is 0 Å². The third kappa shape index (κ3) is 5.70. The highest BCUT2D eigenvalue weighted by atomic mass is 16.3. The first-order chi connectivity index (χ1) is 5.70. The van der Waals surface area contributed by atoms with E-state index in [9.17, 15) is 9.90 Å².